The molecule has 1 aromatic carbocycles. The molecule has 0 amide bonds. The minimum Gasteiger partial charge on any atom is -0.496 e. The van der Waals surface area contributed by atoms with E-state index in [-0.39, 0.29) is 0 Å². The highest BCUT2D eigenvalue weighted by Crippen LogP contribution is 2.27. The lowest BCUT2D eigenvalue weighted by Crippen LogP contribution is -1.97. The van der Waals surface area contributed by atoms with E-state index in [9.17, 15) is 5.11 Å². The molecule has 1 rings (SSSR count). The van der Waals surface area contributed by atoms with Crippen LogP contribution in [0, 0.1) is 12.3 Å². The average Bonchev–Trinajstić information content (AvgIpc) is 2.16. The molecule has 0 fully saturated rings. The third-order valence-corrected chi connectivity index (χ3v) is 2.14. The molecule has 0 aliphatic carbocycles. The van der Waals surface area contributed by atoms with Gasteiger partial charge < -0.3 is 9.84 Å². The largest absolute Gasteiger partial charge is 0.496 e. The second-order valence-corrected chi connectivity index (χ2v) is 3.37. The smallest absolute Gasteiger partial charge is 0.143 e. The highest BCUT2D eigenvalue weighted by atomic mass is 79.9. The molecule has 1 aromatic rings. The van der Waals surface area contributed by atoms with Gasteiger partial charge in [-0.25, -0.2) is 0 Å². The van der Waals surface area contributed by atoms with Crippen molar-refractivity contribution < 1.29 is 9.84 Å². The molecule has 0 heterocycles. The van der Waals surface area contributed by atoms with Crippen molar-refractivity contribution in [3.8, 4) is 18.1 Å². The van der Waals surface area contributed by atoms with Gasteiger partial charge in [0.15, 0.2) is 0 Å². The van der Waals surface area contributed by atoms with E-state index in [0.717, 1.165) is 4.47 Å². The van der Waals surface area contributed by atoms with Gasteiger partial charge in [-0.1, -0.05) is 21.9 Å². The van der Waals surface area contributed by atoms with Gasteiger partial charge in [0.25, 0.3) is 0 Å². The fourth-order valence-corrected chi connectivity index (χ4v) is 1.39. The fourth-order valence-electron chi connectivity index (χ4n) is 1.01. The lowest BCUT2D eigenvalue weighted by atomic mass is 10.1. The quantitative estimate of drug-likeness (QED) is 0.803. The van der Waals surface area contributed by atoms with Crippen LogP contribution in [0.25, 0.3) is 0 Å². The zero-order chi connectivity index (χ0) is 9.84. The van der Waals surface area contributed by atoms with Crippen LogP contribution in [0.2, 0.25) is 0 Å². The molecular formula is C10H9BrO2. The van der Waals surface area contributed by atoms with E-state index in [0.29, 0.717) is 11.3 Å². The van der Waals surface area contributed by atoms with Crippen molar-refractivity contribution in [2.24, 2.45) is 0 Å². The summed E-state index contributed by atoms with van der Waals surface area (Å²) >= 11 is 3.29. The molecular weight excluding hydrogens is 232 g/mol. The number of methoxy groups -OCH3 is 1. The molecule has 0 saturated carbocycles. The van der Waals surface area contributed by atoms with E-state index in [1.54, 1.807) is 12.1 Å². The zero-order valence-electron chi connectivity index (χ0n) is 7.12. The predicted octanol–water partition coefficient (Wildman–Crippen LogP) is 2.12. The third kappa shape index (κ3) is 2.24. The van der Waals surface area contributed by atoms with Gasteiger partial charge in [-0.05, 0) is 18.2 Å². The number of benzene rings is 1. The molecule has 68 valence electrons. The molecule has 1 N–H and O–H groups in total. The Labute approximate surface area is 85.7 Å². The van der Waals surface area contributed by atoms with Crippen molar-refractivity contribution in [2.45, 2.75) is 6.10 Å². The Bertz CT molecular complexity index is 341. The average molecular weight is 241 g/mol. The Morgan fingerprint density at radius 2 is 2.31 bits per heavy atom. The van der Waals surface area contributed by atoms with Gasteiger partial charge >= 0.3 is 0 Å². The number of aliphatic hydroxyl groups excluding tert-OH is 1. The molecule has 0 radical (unpaired) electrons. The number of halogens is 1. The molecule has 2 nitrogen and oxygen atoms in total. The first-order chi connectivity index (χ1) is 6.19. The summed E-state index contributed by atoms with van der Waals surface area (Å²) in [5.74, 6) is 2.83. The highest BCUT2D eigenvalue weighted by molar-refractivity contribution is 9.10. The fraction of sp³-hybridized carbons (Fsp3) is 0.200. The molecule has 1 atom stereocenters. The van der Waals surface area contributed by atoms with E-state index in [1.165, 1.54) is 7.11 Å². The minimum atomic E-state index is -0.924. The van der Waals surface area contributed by atoms with Gasteiger partial charge in [0.2, 0.25) is 0 Å². The summed E-state index contributed by atoms with van der Waals surface area (Å²) < 4.78 is 5.91. The Kier molecular flexibility index (Phi) is 3.35. The van der Waals surface area contributed by atoms with E-state index in [4.69, 9.17) is 11.2 Å². The molecule has 0 aromatic heterocycles. The van der Waals surface area contributed by atoms with Gasteiger partial charge in [0.1, 0.15) is 11.9 Å². The molecule has 0 aliphatic heterocycles. The Morgan fingerprint density at radius 1 is 1.62 bits per heavy atom. The summed E-state index contributed by atoms with van der Waals surface area (Å²) in [6.07, 6.45) is 4.18. The maximum atomic E-state index is 9.43. The second-order valence-electron chi connectivity index (χ2n) is 2.46. The summed E-state index contributed by atoms with van der Waals surface area (Å²) in [4.78, 5) is 0. The Balaban J connectivity index is 3.17. The zero-order valence-corrected chi connectivity index (χ0v) is 8.71. The molecule has 0 bridgehead atoms. The normalized spacial score (nSPS) is 11.8. The third-order valence-electron chi connectivity index (χ3n) is 1.64. The van der Waals surface area contributed by atoms with Gasteiger partial charge in [-0.3, -0.25) is 0 Å². The van der Waals surface area contributed by atoms with E-state index >= 15 is 0 Å². The van der Waals surface area contributed by atoms with Crippen LogP contribution in [-0.4, -0.2) is 12.2 Å². The van der Waals surface area contributed by atoms with Crippen LogP contribution in [0.4, 0.5) is 0 Å². The maximum absolute atomic E-state index is 9.43. The van der Waals surface area contributed by atoms with E-state index in [2.05, 4.69) is 21.9 Å². The SMILES string of the molecule is C#CC(O)c1cc(Br)ccc1OC. The predicted molar refractivity (Wildman–Crippen MR) is 54.5 cm³/mol. The molecule has 0 spiro atoms. The molecule has 3 heteroatoms. The molecule has 0 aliphatic rings. The van der Waals surface area contributed by atoms with Crippen molar-refractivity contribution >= 4 is 15.9 Å². The monoisotopic (exact) mass is 240 g/mol. The Morgan fingerprint density at radius 3 is 2.85 bits per heavy atom. The van der Waals surface area contributed by atoms with Gasteiger partial charge in [-0.15, -0.1) is 6.42 Å². The van der Waals surface area contributed by atoms with E-state index in [1.807, 2.05) is 6.07 Å². The van der Waals surface area contributed by atoms with Crippen LogP contribution in [0.1, 0.15) is 11.7 Å². The number of hydrogen-bond donors (Lipinski definition) is 1. The van der Waals surface area contributed by atoms with Gasteiger partial charge in [0.05, 0.1) is 7.11 Å². The second kappa shape index (κ2) is 4.31. The van der Waals surface area contributed by atoms with Gasteiger partial charge in [0, 0.05) is 10.0 Å². The van der Waals surface area contributed by atoms with Gasteiger partial charge in [-0.2, -0.15) is 0 Å². The summed E-state index contributed by atoms with van der Waals surface area (Å²) in [6.45, 7) is 0. The van der Waals surface area contributed by atoms with Crippen LogP contribution in [0.15, 0.2) is 22.7 Å². The Hall–Kier alpha value is -0.980. The first kappa shape index (κ1) is 10.1. The van der Waals surface area contributed by atoms with Crippen LogP contribution in [0.5, 0.6) is 5.75 Å². The topological polar surface area (TPSA) is 29.5 Å². The number of hydrogen-bond acceptors (Lipinski definition) is 2. The first-order valence-corrected chi connectivity index (χ1v) is 4.46. The van der Waals surface area contributed by atoms with Crippen molar-refractivity contribution in [3.63, 3.8) is 0 Å². The first-order valence-electron chi connectivity index (χ1n) is 3.66. The number of ether oxygens (including phenoxy) is 1. The summed E-state index contributed by atoms with van der Waals surface area (Å²) in [6, 6.07) is 5.31. The summed E-state index contributed by atoms with van der Waals surface area (Å²) in [5.41, 5.74) is 0.597. The lowest BCUT2D eigenvalue weighted by molar-refractivity contribution is 0.232. The molecule has 13 heavy (non-hydrogen) atoms. The van der Waals surface area contributed by atoms with Crippen molar-refractivity contribution in [3.05, 3.63) is 28.2 Å². The summed E-state index contributed by atoms with van der Waals surface area (Å²) in [5, 5.41) is 9.43. The molecule has 0 saturated heterocycles. The van der Waals surface area contributed by atoms with Crippen LogP contribution >= 0.6 is 15.9 Å². The van der Waals surface area contributed by atoms with Crippen LogP contribution < -0.4 is 4.74 Å². The van der Waals surface area contributed by atoms with E-state index < -0.39 is 6.10 Å². The van der Waals surface area contributed by atoms with Crippen LogP contribution in [0.3, 0.4) is 0 Å². The number of terminal acetylenes is 1. The lowest BCUT2D eigenvalue weighted by Gasteiger charge is -2.10. The number of aliphatic hydroxyl groups is 1. The minimum absolute atomic E-state index is 0.591. The highest BCUT2D eigenvalue weighted by Gasteiger charge is 2.10. The van der Waals surface area contributed by atoms with Crippen molar-refractivity contribution in [2.75, 3.05) is 7.11 Å². The number of rotatable bonds is 2. The summed E-state index contributed by atoms with van der Waals surface area (Å²) in [7, 11) is 1.54. The molecule has 1 unspecified atom stereocenters. The standard InChI is InChI=1S/C10H9BrO2/c1-3-9(12)8-6-7(11)4-5-10(8)13-2/h1,4-6,9,12H,2H3. The maximum Gasteiger partial charge on any atom is 0.143 e. The van der Waals surface area contributed by atoms with Crippen molar-refractivity contribution in [1.29, 1.82) is 0 Å². The van der Waals surface area contributed by atoms with Crippen molar-refractivity contribution in [1.82, 2.24) is 0 Å². The van der Waals surface area contributed by atoms with Crippen LogP contribution in [-0.2, 0) is 0 Å².